The van der Waals surface area contributed by atoms with E-state index in [0.29, 0.717) is 10.9 Å². The highest BCUT2D eigenvalue weighted by atomic mass is 19.1. The minimum atomic E-state index is -0.264. The van der Waals surface area contributed by atoms with Gasteiger partial charge in [-0.1, -0.05) is 98.3 Å². The predicted octanol–water partition coefficient (Wildman–Crippen LogP) is 8.60. The number of hydrogen-bond donors (Lipinski definition) is 0. The minimum absolute atomic E-state index is 0.264. The highest BCUT2D eigenvalue weighted by molar-refractivity contribution is 5.85. The monoisotopic (exact) mass is 458 g/mol. The smallest absolute Gasteiger partial charge is 0.146 e. The molecule has 174 valence electrons. The van der Waals surface area contributed by atoms with E-state index in [4.69, 9.17) is 0 Å². The van der Waals surface area contributed by atoms with E-state index in [1.165, 1.54) is 37.7 Å². The average Bonchev–Trinajstić information content (AvgIpc) is 2.88. The first-order valence-corrected chi connectivity index (χ1v) is 12.5. The molecule has 35 heavy (non-hydrogen) atoms. The fraction of sp³-hybridized carbons (Fsp3) is 0.235. The Morgan fingerprint density at radius 1 is 0.629 bits per heavy atom. The Bertz CT molecular complexity index is 1400. The Morgan fingerprint density at radius 2 is 1.23 bits per heavy atom. The number of fused-ring (bicyclic) bond motifs is 1. The zero-order chi connectivity index (χ0) is 24.5. The molecular weight excluding hydrogens is 427 g/mol. The summed E-state index contributed by atoms with van der Waals surface area (Å²) in [7, 11) is 0. The third-order valence-corrected chi connectivity index (χ3v) is 6.21. The van der Waals surface area contributed by atoms with Gasteiger partial charge in [0, 0.05) is 22.1 Å². The van der Waals surface area contributed by atoms with E-state index in [1.54, 1.807) is 6.07 Å². The lowest BCUT2D eigenvalue weighted by molar-refractivity contribution is 0.632. The standard InChI is InChI=1S/C34H31F/c1-3-4-5-6-7-8-27-10-12-28(13-11-27)14-15-29-16-18-30(19-17-29)20-21-31-22-23-32-25-26(2)9-24-33(32)34(31)35/h9-13,16-19,22-25H,3-8H2,1-2H3. The van der Waals surface area contributed by atoms with Crippen molar-refractivity contribution in [3.63, 3.8) is 0 Å². The highest BCUT2D eigenvalue weighted by Crippen LogP contribution is 2.22. The van der Waals surface area contributed by atoms with Crippen LogP contribution >= 0.6 is 0 Å². The Kier molecular flexibility index (Phi) is 8.38. The molecule has 0 fully saturated rings. The fourth-order valence-electron chi connectivity index (χ4n) is 4.12. The molecule has 0 aliphatic heterocycles. The number of hydrogen-bond acceptors (Lipinski definition) is 0. The van der Waals surface area contributed by atoms with E-state index >= 15 is 0 Å². The van der Waals surface area contributed by atoms with Crippen molar-refractivity contribution in [2.45, 2.75) is 52.4 Å². The predicted molar refractivity (Wildman–Crippen MR) is 146 cm³/mol. The number of rotatable bonds is 6. The average molecular weight is 459 g/mol. The maximum absolute atomic E-state index is 14.8. The summed E-state index contributed by atoms with van der Waals surface area (Å²) in [4.78, 5) is 0. The summed E-state index contributed by atoms with van der Waals surface area (Å²) in [6.45, 7) is 4.25. The maximum Gasteiger partial charge on any atom is 0.146 e. The van der Waals surface area contributed by atoms with Crippen molar-refractivity contribution in [3.8, 4) is 23.7 Å². The van der Waals surface area contributed by atoms with Crippen LogP contribution in [0.5, 0.6) is 0 Å². The molecule has 0 saturated carbocycles. The van der Waals surface area contributed by atoms with Gasteiger partial charge in [0.1, 0.15) is 5.82 Å². The van der Waals surface area contributed by atoms with Gasteiger partial charge in [-0.2, -0.15) is 0 Å². The molecule has 0 spiro atoms. The molecule has 0 amide bonds. The van der Waals surface area contributed by atoms with Crippen molar-refractivity contribution < 1.29 is 4.39 Å². The molecule has 0 nitrogen and oxygen atoms in total. The Labute approximate surface area is 209 Å². The zero-order valence-corrected chi connectivity index (χ0v) is 20.6. The molecule has 0 aliphatic rings. The largest absolute Gasteiger partial charge is 0.205 e. The molecule has 4 rings (SSSR count). The van der Waals surface area contributed by atoms with Gasteiger partial charge in [0.05, 0.1) is 5.56 Å². The molecule has 0 bridgehead atoms. The highest BCUT2D eigenvalue weighted by Gasteiger charge is 2.05. The summed E-state index contributed by atoms with van der Waals surface area (Å²) in [6, 6.07) is 25.8. The van der Waals surface area contributed by atoms with Crippen LogP contribution in [-0.2, 0) is 6.42 Å². The van der Waals surface area contributed by atoms with Crippen molar-refractivity contribution in [2.24, 2.45) is 0 Å². The first kappa shape index (κ1) is 24.3. The lowest BCUT2D eigenvalue weighted by atomic mass is 10.0. The quantitative estimate of drug-likeness (QED) is 0.200. The lowest BCUT2D eigenvalue weighted by Crippen LogP contribution is -1.87. The van der Waals surface area contributed by atoms with Crippen molar-refractivity contribution in [3.05, 3.63) is 118 Å². The first-order chi connectivity index (χ1) is 17.1. The number of aryl methyl sites for hydroxylation is 2. The van der Waals surface area contributed by atoms with Gasteiger partial charge in [-0.3, -0.25) is 0 Å². The molecule has 0 aliphatic carbocycles. The summed E-state index contributed by atoms with van der Waals surface area (Å²) in [5.41, 5.74) is 5.70. The molecule has 0 radical (unpaired) electrons. The SMILES string of the molecule is CCCCCCCc1ccc(C#Cc2ccc(C#Cc3ccc4cc(C)ccc4c3F)cc2)cc1. The van der Waals surface area contributed by atoms with E-state index in [1.807, 2.05) is 55.5 Å². The van der Waals surface area contributed by atoms with Crippen LogP contribution in [0.1, 0.15) is 72.4 Å². The summed E-state index contributed by atoms with van der Waals surface area (Å²) >= 11 is 0. The second-order valence-corrected chi connectivity index (χ2v) is 9.09. The van der Waals surface area contributed by atoms with Crippen LogP contribution in [0, 0.1) is 36.4 Å². The molecule has 0 N–H and O–H groups in total. The van der Waals surface area contributed by atoms with Gasteiger partial charge < -0.3 is 0 Å². The van der Waals surface area contributed by atoms with E-state index in [0.717, 1.165) is 34.1 Å². The van der Waals surface area contributed by atoms with Gasteiger partial charge in [-0.25, -0.2) is 4.39 Å². The molecule has 0 saturated heterocycles. The van der Waals surface area contributed by atoms with Crippen LogP contribution in [0.2, 0.25) is 0 Å². The topological polar surface area (TPSA) is 0 Å². The molecule has 0 heterocycles. The number of benzene rings is 4. The van der Waals surface area contributed by atoms with Crippen molar-refractivity contribution in [2.75, 3.05) is 0 Å². The normalized spacial score (nSPS) is 10.4. The van der Waals surface area contributed by atoms with E-state index in [2.05, 4.69) is 54.9 Å². The fourth-order valence-corrected chi connectivity index (χ4v) is 4.12. The van der Waals surface area contributed by atoms with Gasteiger partial charge in [0.15, 0.2) is 0 Å². The second-order valence-electron chi connectivity index (χ2n) is 9.09. The molecule has 0 aromatic heterocycles. The first-order valence-electron chi connectivity index (χ1n) is 12.5. The van der Waals surface area contributed by atoms with Gasteiger partial charge in [0.25, 0.3) is 0 Å². The van der Waals surface area contributed by atoms with E-state index < -0.39 is 0 Å². The van der Waals surface area contributed by atoms with Gasteiger partial charge in [0.2, 0.25) is 0 Å². The Balaban J connectivity index is 1.38. The molecule has 1 heteroatoms. The summed E-state index contributed by atoms with van der Waals surface area (Å²) in [5.74, 6) is 12.3. The van der Waals surface area contributed by atoms with Crippen LogP contribution in [0.3, 0.4) is 0 Å². The molecular formula is C34H31F. The van der Waals surface area contributed by atoms with Crippen LogP contribution in [-0.4, -0.2) is 0 Å². The van der Waals surface area contributed by atoms with Gasteiger partial charge >= 0.3 is 0 Å². The van der Waals surface area contributed by atoms with Gasteiger partial charge in [-0.05, 0) is 73.2 Å². The lowest BCUT2D eigenvalue weighted by Gasteiger charge is -2.03. The van der Waals surface area contributed by atoms with E-state index in [-0.39, 0.29) is 5.82 Å². The van der Waals surface area contributed by atoms with Crippen molar-refractivity contribution in [1.82, 2.24) is 0 Å². The van der Waals surface area contributed by atoms with Crippen molar-refractivity contribution in [1.29, 1.82) is 0 Å². The third kappa shape index (κ3) is 6.85. The number of halogens is 1. The van der Waals surface area contributed by atoms with Crippen LogP contribution in [0.25, 0.3) is 10.8 Å². The molecule has 0 unspecified atom stereocenters. The van der Waals surface area contributed by atoms with Crippen LogP contribution < -0.4 is 0 Å². The third-order valence-electron chi connectivity index (χ3n) is 6.21. The maximum atomic E-state index is 14.8. The van der Waals surface area contributed by atoms with Gasteiger partial charge in [-0.15, -0.1) is 0 Å². The summed E-state index contributed by atoms with van der Waals surface area (Å²) < 4.78 is 14.8. The molecule has 4 aromatic rings. The Hall–Kier alpha value is -3.81. The summed E-state index contributed by atoms with van der Waals surface area (Å²) in [6.07, 6.45) is 7.67. The summed E-state index contributed by atoms with van der Waals surface area (Å²) in [5, 5.41) is 1.50. The minimum Gasteiger partial charge on any atom is -0.205 e. The molecule has 0 atom stereocenters. The second kappa shape index (κ2) is 12.1. The van der Waals surface area contributed by atoms with Crippen LogP contribution in [0.4, 0.5) is 4.39 Å². The molecule has 4 aromatic carbocycles. The zero-order valence-electron chi connectivity index (χ0n) is 20.6. The Morgan fingerprint density at radius 3 is 1.89 bits per heavy atom. The van der Waals surface area contributed by atoms with E-state index in [9.17, 15) is 4.39 Å². The van der Waals surface area contributed by atoms with Crippen molar-refractivity contribution >= 4 is 10.8 Å². The number of unbranched alkanes of at least 4 members (excludes halogenated alkanes) is 4. The van der Waals surface area contributed by atoms with Crippen LogP contribution in [0.15, 0.2) is 78.9 Å².